The zero-order valence-electron chi connectivity index (χ0n) is 17.5. The van der Waals surface area contributed by atoms with Crippen molar-refractivity contribution >= 4 is 29.3 Å². The maximum Gasteiger partial charge on any atom is 0.266 e. The molecule has 0 aliphatic carbocycles. The van der Waals surface area contributed by atoms with Crippen LogP contribution in [-0.4, -0.2) is 17.9 Å². The van der Waals surface area contributed by atoms with Gasteiger partial charge in [-0.15, -0.1) is 11.3 Å². The van der Waals surface area contributed by atoms with Crippen LogP contribution < -0.4 is 24.2 Å². The highest BCUT2D eigenvalue weighted by atomic mass is 32.1. The van der Waals surface area contributed by atoms with E-state index in [1.807, 2.05) is 69.3 Å². The zero-order chi connectivity index (χ0) is 21.7. The van der Waals surface area contributed by atoms with Gasteiger partial charge < -0.3 is 14.5 Å². The molecule has 0 aliphatic heterocycles. The molecule has 0 amide bonds. The van der Waals surface area contributed by atoms with E-state index in [4.69, 9.17) is 9.47 Å². The molecular weight excluding hydrogens is 398 g/mol. The Kier molecular flexibility index (Phi) is 6.57. The third-order valence-corrected chi connectivity index (χ3v) is 5.37. The topological polar surface area (TPSA) is 68.4 Å². The molecule has 0 bridgehead atoms. The van der Waals surface area contributed by atoms with Gasteiger partial charge in [-0.2, -0.15) is 0 Å². The number of nitrogens with one attached hydrogen (secondary N) is 1. The van der Waals surface area contributed by atoms with Gasteiger partial charge in [0, 0.05) is 11.5 Å². The van der Waals surface area contributed by atoms with Crippen LogP contribution in [0.25, 0.3) is 12.2 Å². The maximum atomic E-state index is 12.3. The van der Waals surface area contributed by atoms with Gasteiger partial charge in [0.2, 0.25) is 0 Å². The lowest BCUT2D eigenvalue weighted by molar-refractivity contribution is -0.119. The van der Waals surface area contributed by atoms with Crippen LogP contribution in [0, 0.1) is 5.41 Å². The number of aromatic nitrogens is 1. The third-order valence-electron chi connectivity index (χ3n) is 4.40. The lowest BCUT2D eigenvalue weighted by Crippen LogP contribution is -2.22. The Labute approximate surface area is 179 Å². The van der Waals surface area contributed by atoms with Gasteiger partial charge in [0.15, 0.2) is 17.3 Å². The molecule has 156 valence electrons. The minimum atomic E-state index is -0.494. The Morgan fingerprint density at radius 3 is 2.50 bits per heavy atom. The minimum absolute atomic E-state index is 0.0346. The predicted molar refractivity (Wildman–Crippen MR) is 120 cm³/mol. The summed E-state index contributed by atoms with van der Waals surface area (Å²) >= 11 is 1.25. The van der Waals surface area contributed by atoms with E-state index in [1.165, 1.54) is 17.4 Å². The molecule has 30 heavy (non-hydrogen) atoms. The summed E-state index contributed by atoms with van der Waals surface area (Å²) in [6, 6.07) is 15.4. The van der Waals surface area contributed by atoms with Crippen molar-refractivity contribution in [3.63, 3.8) is 0 Å². The molecule has 0 atom stereocenters. The van der Waals surface area contributed by atoms with Gasteiger partial charge in [-0.1, -0.05) is 57.2 Å². The number of hydrogen-bond donors (Lipinski definition) is 1. The van der Waals surface area contributed by atoms with Crippen molar-refractivity contribution in [2.24, 2.45) is 5.41 Å². The fourth-order valence-electron chi connectivity index (χ4n) is 2.64. The highest BCUT2D eigenvalue weighted by Gasteiger charge is 2.18. The lowest BCUT2D eigenvalue weighted by Gasteiger charge is -2.12. The Hall–Kier alpha value is -3.12. The van der Waals surface area contributed by atoms with Gasteiger partial charge in [0.05, 0.1) is 16.3 Å². The zero-order valence-corrected chi connectivity index (χ0v) is 18.3. The summed E-state index contributed by atoms with van der Waals surface area (Å²) in [5.74, 6) is 1.18. The van der Waals surface area contributed by atoms with Crippen molar-refractivity contribution in [3.05, 3.63) is 79.2 Å². The second-order valence-electron chi connectivity index (χ2n) is 7.87. The van der Waals surface area contributed by atoms with Gasteiger partial charge in [0.25, 0.3) is 5.56 Å². The maximum absolute atomic E-state index is 12.3. The van der Waals surface area contributed by atoms with Crippen LogP contribution in [0.2, 0.25) is 0 Å². The molecule has 0 unspecified atom stereocenters. The molecule has 0 aliphatic rings. The van der Waals surface area contributed by atoms with Gasteiger partial charge in [0.1, 0.15) is 6.61 Å². The van der Waals surface area contributed by atoms with Gasteiger partial charge >= 0.3 is 0 Å². The molecule has 1 heterocycles. The molecule has 0 saturated heterocycles. The first-order valence-corrected chi connectivity index (χ1v) is 10.4. The average Bonchev–Trinajstić information content (AvgIpc) is 3.05. The van der Waals surface area contributed by atoms with E-state index in [-0.39, 0.29) is 11.3 Å². The molecule has 3 rings (SSSR count). The van der Waals surface area contributed by atoms with E-state index in [0.29, 0.717) is 27.3 Å². The quantitative estimate of drug-likeness (QED) is 0.661. The van der Waals surface area contributed by atoms with Crippen molar-refractivity contribution in [2.45, 2.75) is 27.4 Å². The normalized spacial score (nSPS) is 12.8. The molecular formula is C24H25NO4S. The number of thiazole rings is 1. The molecule has 6 heteroatoms. The van der Waals surface area contributed by atoms with Crippen LogP contribution in [0.1, 0.15) is 31.9 Å². The Bertz CT molecular complexity index is 1200. The largest absolute Gasteiger partial charge is 0.493 e. The number of H-pyrrole nitrogens is 1. The first kappa shape index (κ1) is 21.6. The summed E-state index contributed by atoms with van der Waals surface area (Å²) in [7, 11) is 1.59. The molecule has 1 N–H and O–H groups in total. The number of Topliss-reactive ketones (excluding diaryl/α,β-unsaturated/α-hetero) is 1. The number of rotatable bonds is 6. The van der Waals surface area contributed by atoms with E-state index >= 15 is 0 Å². The van der Waals surface area contributed by atoms with E-state index in [2.05, 4.69) is 4.98 Å². The molecule has 0 radical (unpaired) electrons. The van der Waals surface area contributed by atoms with Crippen LogP contribution in [-0.2, 0) is 11.4 Å². The highest BCUT2D eigenvalue weighted by molar-refractivity contribution is 7.07. The smallest absolute Gasteiger partial charge is 0.266 e. The summed E-state index contributed by atoms with van der Waals surface area (Å²) in [5.41, 5.74) is 1.13. The van der Waals surface area contributed by atoms with Crippen molar-refractivity contribution in [1.82, 2.24) is 4.98 Å². The highest BCUT2D eigenvalue weighted by Crippen LogP contribution is 2.29. The predicted octanol–water partition coefficient (Wildman–Crippen LogP) is 3.25. The molecule has 0 spiro atoms. The number of ketones is 1. The second-order valence-corrected chi connectivity index (χ2v) is 8.96. The van der Waals surface area contributed by atoms with Gasteiger partial charge in [-0.05, 0) is 29.3 Å². The number of aromatic amines is 1. The summed E-state index contributed by atoms with van der Waals surface area (Å²) in [5, 5.41) is 0. The molecule has 0 fully saturated rings. The Balaban J connectivity index is 1.91. The number of benzene rings is 2. The van der Waals surface area contributed by atoms with E-state index in [9.17, 15) is 9.59 Å². The van der Waals surface area contributed by atoms with E-state index < -0.39 is 5.41 Å². The van der Waals surface area contributed by atoms with Crippen LogP contribution in [0.5, 0.6) is 11.5 Å². The van der Waals surface area contributed by atoms with Crippen molar-refractivity contribution in [3.8, 4) is 11.5 Å². The molecule has 2 aromatic carbocycles. The standard InChI is InChI=1S/C24H25NO4S/c1-24(2,3)21(26)14-22-25-23(27)20(30-22)13-17-10-11-18(28-4)19(12-17)29-15-16-8-6-5-7-9-16/h5-14H,15H2,1-4H3,(H,25,27). The van der Waals surface area contributed by atoms with Crippen molar-refractivity contribution in [2.75, 3.05) is 7.11 Å². The van der Waals surface area contributed by atoms with Crippen LogP contribution in [0.15, 0.2) is 53.3 Å². The Morgan fingerprint density at radius 2 is 1.83 bits per heavy atom. The fraction of sp³-hybridized carbons (Fsp3) is 0.250. The summed E-state index contributed by atoms with van der Waals surface area (Å²) in [6.07, 6.45) is 3.27. The molecule has 0 saturated carbocycles. The van der Waals surface area contributed by atoms with Crippen LogP contribution in [0.3, 0.4) is 0 Å². The van der Waals surface area contributed by atoms with Gasteiger partial charge in [-0.25, -0.2) is 0 Å². The number of ether oxygens (including phenoxy) is 2. The minimum Gasteiger partial charge on any atom is -0.493 e. The SMILES string of the molecule is COc1ccc(C=c2sc(=CC(=O)C(C)(C)C)[nH]c2=O)cc1OCc1ccccc1. The van der Waals surface area contributed by atoms with Gasteiger partial charge in [-0.3, -0.25) is 9.59 Å². The first-order valence-electron chi connectivity index (χ1n) is 9.58. The van der Waals surface area contributed by atoms with E-state index in [0.717, 1.165) is 11.1 Å². The monoisotopic (exact) mass is 423 g/mol. The molecule has 3 aromatic rings. The number of hydrogen-bond acceptors (Lipinski definition) is 5. The summed E-state index contributed by atoms with van der Waals surface area (Å²) in [4.78, 5) is 27.3. The van der Waals surface area contributed by atoms with Crippen molar-refractivity contribution < 1.29 is 14.3 Å². The number of methoxy groups -OCH3 is 1. The summed E-state index contributed by atoms with van der Waals surface area (Å²) < 4.78 is 12.4. The average molecular weight is 424 g/mol. The number of carbonyl (C=O) groups excluding carboxylic acids is 1. The van der Waals surface area contributed by atoms with Crippen LogP contribution >= 0.6 is 11.3 Å². The second kappa shape index (κ2) is 9.13. The Morgan fingerprint density at radius 1 is 1.10 bits per heavy atom. The van der Waals surface area contributed by atoms with E-state index in [1.54, 1.807) is 13.2 Å². The van der Waals surface area contributed by atoms with Crippen molar-refractivity contribution in [1.29, 1.82) is 0 Å². The number of carbonyl (C=O) groups is 1. The first-order chi connectivity index (χ1) is 14.3. The molecule has 1 aromatic heterocycles. The molecule has 5 nitrogen and oxygen atoms in total. The lowest BCUT2D eigenvalue weighted by atomic mass is 9.91. The fourth-order valence-corrected chi connectivity index (χ4v) is 3.53. The summed E-state index contributed by atoms with van der Waals surface area (Å²) in [6.45, 7) is 5.95. The van der Waals surface area contributed by atoms with Crippen LogP contribution in [0.4, 0.5) is 0 Å². The third kappa shape index (κ3) is 5.48.